The van der Waals surface area contributed by atoms with Crippen LogP contribution in [0, 0.1) is 0 Å². The van der Waals surface area contributed by atoms with Crippen LogP contribution in [0.3, 0.4) is 0 Å². The van der Waals surface area contributed by atoms with Crippen molar-refractivity contribution >= 4 is 5.97 Å². The summed E-state index contributed by atoms with van der Waals surface area (Å²) in [5.74, 6) is -0.373. The summed E-state index contributed by atoms with van der Waals surface area (Å²) in [4.78, 5) is 10.9. The first-order valence-corrected chi connectivity index (χ1v) is 5.74. The van der Waals surface area contributed by atoms with Gasteiger partial charge in [0.1, 0.15) is 5.75 Å². The van der Waals surface area contributed by atoms with Crippen molar-refractivity contribution in [2.24, 2.45) is 0 Å². The number of aromatic hydroxyl groups is 1. The van der Waals surface area contributed by atoms with E-state index in [1.54, 1.807) is 6.07 Å². The van der Waals surface area contributed by atoms with Crippen LogP contribution in [-0.4, -0.2) is 16.2 Å². The van der Waals surface area contributed by atoms with Crippen molar-refractivity contribution < 1.29 is 15.0 Å². The topological polar surface area (TPSA) is 57.5 Å². The minimum atomic E-state index is -0.933. The number of carboxylic acids is 1. The van der Waals surface area contributed by atoms with Crippen LogP contribution in [0.4, 0.5) is 0 Å². The summed E-state index contributed by atoms with van der Waals surface area (Å²) in [5.41, 5.74) is 1.07. The van der Waals surface area contributed by atoms with Crippen LogP contribution < -0.4 is 0 Å². The van der Waals surface area contributed by atoms with E-state index >= 15 is 0 Å². The minimum Gasteiger partial charge on any atom is -0.508 e. The molecule has 0 saturated heterocycles. The Hall–Kier alpha value is -1.51. The zero-order valence-corrected chi connectivity index (χ0v) is 9.15. The maximum atomic E-state index is 10.9. The lowest BCUT2D eigenvalue weighted by Gasteiger charge is -2.22. The highest BCUT2D eigenvalue weighted by atomic mass is 16.4. The number of aromatic carboxylic acids is 1. The molecule has 1 aliphatic rings. The van der Waals surface area contributed by atoms with Gasteiger partial charge in [-0.15, -0.1) is 0 Å². The third kappa shape index (κ3) is 2.18. The number of carbonyl (C=O) groups is 1. The van der Waals surface area contributed by atoms with Crippen LogP contribution in [0.25, 0.3) is 0 Å². The molecule has 0 bridgehead atoms. The van der Waals surface area contributed by atoms with Crippen LogP contribution in [0.1, 0.15) is 53.9 Å². The van der Waals surface area contributed by atoms with Gasteiger partial charge < -0.3 is 10.2 Å². The highest BCUT2D eigenvalue weighted by Gasteiger charge is 2.19. The van der Waals surface area contributed by atoms with E-state index < -0.39 is 5.97 Å². The van der Waals surface area contributed by atoms with E-state index in [0.717, 1.165) is 18.4 Å². The average Bonchev–Trinajstić information content (AvgIpc) is 2.30. The van der Waals surface area contributed by atoms with Gasteiger partial charge in [0.2, 0.25) is 0 Å². The van der Waals surface area contributed by atoms with Gasteiger partial charge in [-0.25, -0.2) is 4.79 Å². The maximum absolute atomic E-state index is 10.9. The van der Waals surface area contributed by atoms with E-state index in [1.807, 2.05) is 0 Å². The SMILES string of the molecule is O=C(O)c1ccc(O)c(C2CCCCC2)c1. The molecular weight excluding hydrogens is 204 g/mol. The lowest BCUT2D eigenvalue weighted by Crippen LogP contribution is -2.06. The van der Waals surface area contributed by atoms with Crippen molar-refractivity contribution in [1.29, 1.82) is 0 Å². The van der Waals surface area contributed by atoms with Gasteiger partial charge >= 0.3 is 5.97 Å². The first-order chi connectivity index (χ1) is 7.68. The van der Waals surface area contributed by atoms with Gasteiger partial charge in [0.15, 0.2) is 0 Å². The molecule has 16 heavy (non-hydrogen) atoms. The third-order valence-corrected chi connectivity index (χ3v) is 3.32. The lowest BCUT2D eigenvalue weighted by atomic mass is 9.83. The highest BCUT2D eigenvalue weighted by Crippen LogP contribution is 2.37. The normalized spacial score (nSPS) is 17.2. The monoisotopic (exact) mass is 220 g/mol. The second-order valence-electron chi connectivity index (χ2n) is 4.41. The van der Waals surface area contributed by atoms with Gasteiger partial charge in [0, 0.05) is 0 Å². The van der Waals surface area contributed by atoms with Crippen molar-refractivity contribution in [2.75, 3.05) is 0 Å². The first-order valence-electron chi connectivity index (χ1n) is 5.74. The average molecular weight is 220 g/mol. The fourth-order valence-electron chi connectivity index (χ4n) is 2.43. The molecule has 1 fully saturated rings. The molecular formula is C13H16O3. The second-order valence-corrected chi connectivity index (χ2v) is 4.41. The molecule has 1 aliphatic carbocycles. The van der Waals surface area contributed by atoms with Gasteiger partial charge in [0.25, 0.3) is 0 Å². The summed E-state index contributed by atoms with van der Waals surface area (Å²) in [5, 5.41) is 18.7. The molecule has 0 atom stereocenters. The summed E-state index contributed by atoms with van der Waals surface area (Å²) in [6.07, 6.45) is 5.69. The van der Waals surface area contributed by atoms with E-state index in [-0.39, 0.29) is 11.3 Å². The smallest absolute Gasteiger partial charge is 0.335 e. The molecule has 1 aromatic rings. The zero-order valence-electron chi connectivity index (χ0n) is 9.15. The Bertz CT molecular complexity index is 392. The standard InChI is InChI=1S/C13H16O3/c14-12-7-6-10(13(15)16)8-11(12)9-4-2-1-3-5-9/h6-9,14H,1-5H2,(H,15,16). The van der Waals surface area contributed by atoms with Gasteiger partial charge in [-0.1, -0.05) is 19.3 Å². The predicted octanol–water partition coefficient (Wildman–Crippen LogP) is 3.14. The summed E-state index contributed by atoms with van der Waals surface area (Å²) < 4.78 is 0. The largest absolute Gasteiger partial charge is 0.508 e. The van der Waals surface area contributed by atoms with Crippen LogP contribution in [0.5, 0.6) is 5.75 Å². The van der Waals surface area contributed by atoms with Crippen molar-refractivity contribution in [3.8, 4) is 5.75 Å². The van der Waals surface area contributed by atoms with Gasteiger partial charge in [-0.3, -0.25) is 0 Å². The summed E-state index contributed by atoms with van der Waals surface area (Å²) in [7, 11) is 0. The Morgan fingerprint density at radius 1 is 1.19 bits per heavy atom. The van der Waals surface area contributed by atoms with Gasteiger partial charge in [-0.2, -0.15) is 0 Å². The Kier molecular flexibility index (Phi) is 3.13. The molecule has 3 heteroatoms. The van der Waals surface area contributed by atoms with Crippen LogP contribution in [0.15, 0.2) is 18.2 Å². The molecule has 2 N–H and O–H groups in total. The van der Waals surface area contributed by atoms with Crippen LogP contribution in [-0.2, 0) is 0 Å². The molecule has 0 aliphatic heterocycles. The summed E-state index contributed by atoms with van der Waals surface area (Å²) in [6.45, 7) is 0. The van der Waals surface area contributed by atoms with Gasteiger partial charge in [-0.05, 0) is 42.5 Å². The molecule has 0 amide bonds. The number of phenols is 1. The number of phenolic OH excluding ortho intramolecular Hbond substituents is 1. The third-order valence-electron chi connectivity index (χ3n) is 3.32. The number of benzene rings is 1. The summed E-state index contributed by atoms with van der Waals surface area (Å²) in [6, 6.07) is 4.56. The quantitative estimate of drug-likeness (QED) is 0.805. The fourth-order valence-corrected chi connectivity index (χ4v) is 2.43. The first kappa shape index (κ1) is 11.0. The van der Waals surface area contributed by atoms with E-state index in [2.05, 4.69) is 0 Å². The maximum Gasteiger partial charge on any atom is 0.335 e. The Labute approximate surface area is 94.7 Å². The van der Waals surface area contributed by atoms with Crippen molar-refractivity contribution in [2.45, 2.75) is 38.0 Å². The Morgan fingerprint density at radius 2 is 1.88 bits per heavy atom. The molecule has 3 nitrogen and oxygen atoms in total. The Morgan fingerprint density at radius 3 is 2.50 bits per heavy atom. The van der Waals surface area contributed by atoms with Crippen molar-refractivity contribution in [3.63, 3.8) is 0 Å². The molecule has 1 aromatic carbocycles. The number of hydrogen-bond acceptors (Lipinski definition) is 2. The number of rotatable bonds is 2. The van der Waals surface area contributed by atoms with Gasteiger partial charge in [0.05, 0.1) is 5.56 Å². The van der Waals surface area contributed by atoms with Crippen molar-refractivity contribution in [3.05, 3.63) is 29.3 Å². The lowest BCUT2D eigenvalue weighted by molar-refractivity contribution is 0.0696. The number of carboxylic acid groups (broad SMARTS) is 1. The second kappa shape index (κ2) is 4.56. The molecule has 86 valence electrons. The van der Waals surface area contributed by atoms with Crippen LogP contribution >= 0.6 is 0 Å². The molecule has 0 unspecified atom stereocenters. The van der Waals surface area contributed by atoms with E-state index in [9.17, 15) is 9.90 Å². The van der Waals surface area contributed by atoms with E-state index in [4.69, 9.17) is 5.11 Å². The highest BCUT2D eigenvalue weighted by molar-refractivity contribution is 5.88. The number of hydrogen-bond donors (Lipinski definition) is 2. The zero-order chi connectivity index (χ0) is 11.5. The predicted molar refractivity (Wildman–Crippen MR) is 60.9 cm³/mol. The molecule has 0 spiro atoms. The minimum absolute atomic E-state index is 0.233. The van der Waals surface area contributed by atoms with Crippen molar-refractivity contribution in [1.82, 2.24) is 0 Å². The molecule has 0 aromatic heterocycles. The molecule has 2 rings (SSSR count). The fraction of sp³-hybridized carbons (Fsp3) is 0.462. The summed E-state index contributed by atoms with van der Waals surface area (Å²) >= 11 is 0. The molecule has 0 heterocycles. The molecule has 1 saturated carbocycles. The Balaban J connectivity index is 2.30. The van der Waals surface area contributed by atoms with E-state index in [0.29, 0.717) is 5.92 Å². The van der Waals surface area contributed by atoms with Crippen LogP contribution in [0.2, 0.25) is 0 Å². The molecule has 0 radical (unpaired) electrons. The van der Waals surface area contributed by atoms with E-state index in [1.165, 1.54) is 31.4 Å².